The Morgan fingerprint density at radius 2 is 1.35 bits per heavy atom. The molecule has 0 bridgehead atoms. The van der Waals surface area contributed by atoms with Crippen LogP contribution in [0.1, 0.15) is 55.6 Å². The second-order valence-corrected chi connectivity index (χ2v) is 16.8. The van der Waals surface area contributed by atoms with E-state index in [1.54, 1.807) is 62.3 Å². The van der Waals surface area contributed by atoms with Crippen LogP contribution in [0.25, 0.3) is 11.1 Å². The minimum absolute atomic E-state index is 0.0937. The lowest BCUT2D eigenvalue weighted by Crippen LogP contribution is -2.49. The number of hydrogen-bond acceptors (Lipinski definition) is 12. The van der Waals surface area contributed by atoms with Crippen molar-refractivity contribution in [2.75, 3.05) is 33.4 Å². The predicted octanol–water partition coefficient (Wildman–Crippen LogP) is 9.01. The van der Waals surface area contributed by atoms with E-state index < -0.39 is 12.0 Å². The summed E-state index contributed by atoms with van der Waals surface area (Å²) in [7, 11) is 1.70. The summed E-state index contributed by atoms with van der Waals surface area (Å²) in [6, 6.07) is 22.3. The predicted molar refractivity (Wildman–Crippen MR) is 254 cm³/mol. The van der Waals surface area contributed by atoms with Crippen molar-refractivity contribution in [3.05, 3.63) is 163 Å². The summed E-state index contributed by atoms with van der Waals surface area (Å²) in [4.78, 5) is 31.0. The second-order valence-electron chi connectivity index (χ2n) is 16.0. The summed E-state index contributed by atoms with van der Waals surface area (Å²) in [6.07, 6.45) is 8.71. The van der Waals surface area contributed by atoms with E-state index in [0.29, 0.717) is 58.3 Å². The molecule has 1 fully saturated rings. The van der Waals surface area contributed by atoms with Gasteiger partial charge < -0.3 is 33.9 Å². The number of benzene rings is 4. The number of aliphatic imine (C=N–C) groups is 2. The molecule has 2 aliphatic heterocycles. The molecule has 4 aromatic carbocycles. The summed E-state index contributed by atoms with van der Waals surface area (Å²) in [6.45, 7) is 6.75. The third-order valence-electron chi connectivity index (χ3n) is 11.6. The van der Waals surface area contributed by atoms with Crippen LogP contribution in [0.5, 0.6) is 23.0 Å². The monoisotopic (exact) mass is 929 g/mol. The van der Waals surface area contributed by atoms with Gasteiger partial charge in [-0.1, -0.05) is 59.6 Å². The van der Waals surface area contributed by atoms with Crippen LogP contribution in [0.15, 0.2) is 108 Å². The lowest BCUT2D eigenvalue weighted by Gasteiger charge is -2.33. The molecular formula is C51H49Cl2N5O8. The second kappa shape index (κ2) is 21.3. The number of hydrogen-bond donors (Lipinski definition) is 2. The van der Waals surface area contributed by atoms with Gasteiger partial charge in [-0.25, -0.2) is 0 Å². The highest BCUT2D eigenvalue weighted by Crippen LogP contribution is 2.38. The van der Waals surface area contributed by atoms with Gasteiger partial charge in [0.1, 0.15) is 55.5 Å². The first kappa shape index (κ1) is 46.2. The average molecular weight is 931 g/mol. The van der Waals surface area contributed by atoms with Crippen molar-refractivity contribution in [3.8, 4) is 34.1 Å². The minimum Gasteiger partial charge on any atom is -0.488 e. The number of pyridine rings is 2. The number of carboxylic acid groups (broad SMARTS) is 1. The number of aromatic nitrogens is 2. The molecule has 0 unspecified atom stereocenters. The van der Waals surface area contributed by atoms with Crippen LogP contribution in [0.3, 0.4) is 0 Å². The van der Waals surface area contributed by atoms with Crippen molar-refractivity contribution in [2.24, 2.45) is 9.98 Å². The molecule has 8 rings (SSSR count). The summed E-state index contributed by atoms with van der Waals surface area (Å²) in [5.74, 6) is 0.884. The highest BCUT2D eigenvalue weighted by molar-refractivity contribution is 6.32. The molecule has 2 aromatic heterocycles. The van der Waals surface area contributed by atoms with Gasteiger partial charge in [-0.15, -0.1) is 0 Å². The third-order valence-corrected chi connectivity index (χ3v) is 12.2. The van der Waals surface area contributed by atoms with E-state index in [4.69, 9.17) is 46.9 Å². The number of rotatable bonds is 19. The van der Waals surface area contributed by atoms with Gasteiger partial charge in [-0.2, -0.15) is 0 Å². The zero-order chi connectivity index (χ0) is 46.2. The van der Waals surface area contributed by atoms with E-state index >= 15 is 0 Å². The van der Waals surface area contributed by atoms with E-state index in [1.807, 2.05) is 41.3 Å². The molecule has 0 saturated carbocycles. The summed E-state index contributed by atoms with van der Waals surface area (Å²) >= 11 is 13.6. The number of aliphatic hydroxyl groups is 1. The SMILES string of the molecule is CN=Cc1cncc(COc2cc(OCc3cccc(-c4cccc(COc5cc(OCc6cncc(C7=NC7)c6)c(CN6CCOC[C@@H]6C(=O)O)cc5Cl)c4C)c3C)c(Cl)cc2CO)c1. The Kier molecular flexibility index (Phi) is 14.9. The normalized spacial score (nSPS) is 14.8. The lowest BCUT2D eigenvalue weighted by atomic mass is 9.92. The molecule has 340 valence electrons. The van der Waals surface area contributed by atoms with Crippen LogP contribution in [-0.2, 0) is 49.1 Å². The highest BCUT2D eigenvalue weighted by atomic mass is 35.5. The zero-order valence-electron chi connectivity index (χ0n) is 36.8. The first-order valence-corrected chi connectivity index (χ1v) is 22.2. The fourth-order valence-electron chi connectivity index (χ4n) is 7.81. The van der Waals surface area contributed by atoms with Gasteiger partial charge in [0.2, 0.25) is 0 Å². The van der Waals surface area contributed by atoms with E-state index in [2.05, 4.69) is 45.9 Å². The van der Waals surface area contributed by atoms with Gasteiger partial charge in [-0.05, 0) is 71.5 Å². The number of nitrogens with zero attached hydrogens (tertiary/aromatic N) is 5. The van der Waals surface area contributed by atoms with Crippen LogP contribution in [0, 0.1) is 13.8 Å². The molecule has 0 aliphatic carbocycles. The molecule has 15 heteroatoms. The molecule has 2 aliphatic rings. The van der Waals surface area contributed by atoms with Crippen LogP contribution >= 0.6 is 23.2 Å². The molecule has 0 spiro atoms. The number of morpholine rings is 1. The summed E-state index contributed by atoms with van der Waals surface area (Å²) < 4.78 is 30.8. The van der Waals surface area contributed by atoms with Crippen molar-refractivity contribution in [1.82, 2.24) is 14.9 Å². The Morgan fingerprint density at radius 3 is 1.94 bits per heavy atom. The van der Waals surface area contributed by atoms with Gasteiger partial charge >= 0.3 is 5.97 Å². The van der Waals surface area contributed by atoms with Crippen molar-refractivity contribution in [3.63, 3.8) is 0 Å². The highest BCUT2D eigenvalue weighted by Gasteiger charge is 2.30. The quantitative estimate of drug-likeness (QED) is 0.0748. The number of ether oxygens (including phenoxy) is 5. The number of halogens is 2. The maximum atomic E-state index is 12.1. The molecule has 13 nitrogen and oxygen atoms in total. The molecule has 2 N–H and O–H groups in total. The molecule has 1 atom stereocenters. The molecule has 1 saturated heterocycles. The van der Waals surface area contributed by atoms with Gasteiger partial charge in [0, 0.05) is 96.7 Å². The Bertz CT molecular complexity index is 2800. The first-order chi connectivity index (χ1) is 32.1. The van der Waals surface area contributed by atoms with Crippen LogP contribution in [0.4, 0.5) is 0 Å². The van der Waals surface area contributed by atoms with Crippen LogP contribution in [0.2, 0.25) is 10.0 Å². The Hall–Kier alpha value is -6.35. The van der Waals surface area contributed by atoms with Crippen LogP contribution in [-0.4, -0.2) is 82.4 Å². The number of carboxylic acids is 1. The number of carbonyl (C=O) groups is 1. The Labute approximate surface area is 393 Å². The fraction of sp³-hybridized carbons (Fsp3) is 0.275. The van der Waals surface area contributed by atoms with E-state index in [9.17, 15) is 15.0 Å². The topological polar surface area (TPSA) is 157 Å². The fourth-order valence-corrected chi connectivity index (χ4v) is 8.29. The van der Waals surface area contributed by atoms with Gasteiger partial charge in [0.05, 0.1) is 42.1 Å². The molecule has 4 heterocycles. The smallest absolute Gasteiger partial charge is 0.323 e. The van der Waals surface area contributed by atoms with Crippen molar-refractivity contribution >= 4 is 41.1 Å². The molecule has 6 aromatic rings. The Morgan fingerprint density at radius 1 is 0.773 bits per heavy atom. The maximum absolute atomic E-state index is 12.1. The first-order valence-electron chi connectivity index (χ1n) is 21.4. The van der Waals surface area contributed by atoms with Crippen molar-refractivity contribution in [1.29, 1.82) is 0 Å². The van der Waals surface area contributed by atoms with E-state index in [1.165, 1.54) is 0 Å². The average Bonchev–Trinajstić information content (AvgIpc) is 4.18. The van der Waals surface area contributed by atoms with Crippen molar-refractivity contribution < 1.29 is 38.7 Å². The van der Waals surface area contributed by atoms with Gasteiger partial charge in [0.15, 0.2) is 0 Å². The van der Waals surface area contributed by atoms with Gasteiger partial charge in [-0.3, -0.25) is 29.6 Å². The largest absolute Gasteiger partial charge is 0.488 e. The number of aliphatic carboxylic acids is 1. The number of aliphatic hydroxyl groups excluding tert-OH is 1. The molecule has 0 amide bonds. The van der Waals surface area contributed by atoms with Crippen molar-refractivity contribution in [2.45, 2.75) is 59.5 Å². The van der Waals surface area contributed by atoms with Gasteiger partial charge in [0.25, 0.3) is 0 Å². The Balaban J connectivity index is 0.983. The van der Waals surface area contributed by atoms with Crippen LogP contribution < -0.4 is 18.9 Å². The summed E-state index contributed by atoms with van der Waals surface area (Å²) in [5, 5.41) is 20.7. The maximum Gasteiger partial charge on any atom is 0.323 e. The van der Waals surface area contributed by atoms with E-state index in [0.717, 1.165) is 66.9 Å². The van der Waals surface area contributed by atoms with E-state index in [-0.39, 0.29) is 46.2 Å². The minimum atomic E-state index is -0.951. The summed E-state index contributed by atoms with van der Waals surface area (Å²) in [5.41, 5.74) is 11.9. The molecule has 0 radical (unpaired) electrons. The lowest BCUT2D eigenvalue weighted by molar-refractivity contribution is -0.150. The molecular weight excluding hydrogens is 881 g/mol. The zero-order valence-corrected chi connectivity index (χ0v) is 38.3. The molecule has 66 heavy (non-hydrogen) atoms. The third kappa shape index (κ3) is 11.2. The standard InChI is InChI=1S/C51H49Cl2N5O8/c1-31-36(28-65-49-16-47(63-27-35-13-38(22-56-21-35)45-23-57-45)39(14-43(49)52)24-58-10-11-62-30-46(58)51(60)61)6-4-8-41(31)42-9-5-7-37(32(42)2)29-66-50-17-48(40(25-59)15-44(50)53)64-26-34-12-33(18-54-3)19-55-20-34/h4-9,12-22,46,59H,10-11,23-30H2,1-3H3,(H,60,61)/t46-/m1/s1.